The molecular weight excluding hydrogens is 240 g/mol. The van der Waals surface area contributed by atoms with E-state index in [1.807, 2.05) is 31.2 Å². The summed E-state index contributed by atoms with van der Waals surface area (Å²) in [5.74, 6) is -0.293. The Morgan fingerprint density at radius 2 is 2.11 bits per heavy atom. The molecule has 2 heterocycles. The first-order chi connectivity index (χ1) is 9.15. The second-order valence-electron chi connectivity index (χ2n) is 4.57. The molecule has 0 unspecified atom stereocenters. The number of para-hydroxylation sites is 1. The number of benzene rings is 1. The Morgan fingerprint density at radius 1 is 1.32 bits per heavy atom. The van der Waals surface area contributed by atoms with Gasteiger partial charge in [0, 0.05) is 23.2 Å². The zero-order chi connectivity index (χ0) is 13.4. The third-order valence-electron chi connectivity index (χ3n) is 3.15. The van der Waals surface area contributed by atoms with Crippen molar-refractivity contribution in [1.82, 2.24) is 9.97 Å². The number of nitrogens with one attached hydrogen (secondary N) is 1. The van der Waals surface area contributed by atoms with Gasteiger partial charge in [0.1, 0.15) is 6.61 Å². The molecule has 0 bridgehead atoms. The number of aromatic nitrogens is 2. The molecule has 1 N–H and O–H groups in total. The molecule has 0 amide bonds. The number of hydrogen-bond acceptors (Lipinski definition) is 3. The summed E-state index contributed by atoms with van der Waals surface area (Å²) in [4.78, 5) is 18.7. The number of H-pyrrole nitrogens is 1. The molecule has 4 nitrogen and oxygen atoms in total. The van der Waals surface area contributed by atoms with E-state index in [1.165, 1.54) is 6.92 Å². The van der Waals surface area contributed by atoms with Crippen molar-refractivity contribution >= 4 is 27.8 Å². The van der Waals surface area contributed by atoms with Crippen LogP contribution >= 0.6 is 0 Å². The lowest BCUT2D eigenvalue weighted by Crippen LogP contribution is -2.01. The minimum absolute atomic E-state index is 0.214. The van der Waals surface area contributed by atoms with Gasteiger partial charge in [0.15, 0.2) is 0 Å². The molecule has 0 atom stereocenters. The molecule has 0 fully saturated rings. The third-order valence-corrected chi connectivity index (χ3v) is 3.15. The number of aromatic amines is 1. The lowest BCUT2D eigenvalue weighted by Gasteiger charge is -2.04. The van der Waals surface area contributed by atoms with Crippen LogP contribution in [-0.2, 0) is 16.1 Å². The van der Waals surface area contributed by atoms with Gasteiger partial charge in [0.25, 0.3) is 0 Å². The van der Waals surface area contributed by atoms with E-state index in [0.717, 1.165) is 33.2 Å². The summed E-state index contributed by atoms with van der Waals surface area (Å²) >= 11 is 0. The van der Waals surface area contributed by atoms with Crippen LogP contribution in [-0.4, -0.2) is 15.9 Å². The summed E-state index contributed by atoms with van der Waals surface area (Å²) in [6.07, 6.45) is 0. The number of fused-ring (bicyclic) bond motifs is 3. The molecule has 0 aliphatic carbocycles. The number of esters is 1. The fourth-order valence-electron chi connectivity index (χ4n) is 2.32. The van der Waals surface area contributed by atoms with E-state index in [9.17, 15) is 4.79 Å². The highest BCUT2D eigenvalue weighted by Gasteiger charge is 2.09. The summed E-state index contributed by atoms with van der Waals surface area (Å²) in [5.41, 5.74) is 3.81. The molecule has 1 aromatic carbocycles. The van der Waals surface area contributed by atoms with Crippen LogP contribution in [0, 0.1) is 6.92 Å². The minimum atomic E-state index is -0.293. The van der Waals surface area contributed by atoms with E-state index < -0.39 is 0 Å². The van der Waals surface area contributed by atoms with Gasteiger partial charge in [-0.1, -0.05) is 18.2 Å². The van der Waals surface area contributed by atoms with Crippen molar-refractivity contribution in [2.75, 3.05) is 0 Å². The SMILES string of the molecule is CC(=O)OCc1cc2c([nH]c3ccccc32)c(C)n1. The number of ether oxygens (including phenoxy) is 1. The van der Waals surface area contributed by atoms with Crippen molar-refractivity contribution in [2.24, 2.45) is 0 Å². The number of carbonyl (C=O) groups is 1. The Kier molecular flexibility index (Phi) is 2.71. The molecule has 0 saturated carbocycles. The van der Waals surface area contributed by atoms with Gasteiger partial charge in [0.2, 0.25) is 0 Å². The fourth-order valence-corrected chi connectivity index (χ4v) is 2.32. The molecule has 0 spiro atoms. The quantitative estimate of drug-likeness (QED) is 0.715. The number of carbonyl (C=O) groups excluding carboxylic acids is 1. The standard InChI is InChI=1S/C15H14N2O2/c1-9-15-13(7-11(16-9)8-19-10(2)18)12-5-3-4-6-14(12)17-15/h3-7,17H,8H2,1-2H3. The number of aryl methyl sites for hydroxylation is 1. The van der Waals surface area contributed by atoms with Gasteiger partial charge in [-0.2, -0.15) is 0 Å². The minimum Gasteiger partial charge on any atom is -0.459 e. The summed E-state index contributed by atoms with van der Waals surface area (Å²) in [5, 5.41) is 2.28. The van der Waals surface area contributed by atoms with E-state index >= 15 is 0 Å². The average molecular weight is 254 g/mol. The Hall–Kier alpha value is -2.36. The molecule has 2 aromatic heterocycles. The van der Waals surface area contributed by atoms with Crippen LogP contribution < -0.4 is 0 Å². The highest BCUT2D eigenvalue weighted by molar-refractivity contribution is 6.07. The van der Waals surface area contributed by atoms with Gasteiger partial charge in [-0.3, -0.25) is 9.78 Å². The Labute approximate surface area is 110 Å². The maximum Gasteiger partial charge on any atom is 0.303 e. The second-order valence-corrected chi connectivity index (χ2v) is 4.57. The molecule has 96 valence electrons. The first-order valence-electron chi connectivity index (χ1n) is 6.15. The van der Waals surface area contributed by atoms with Crippen LogP contribution in [0.25, 0.3) is 21.8 Å². The van der Waals surface area contributed by atoms with Crippen molar-refractivity contribution in [3.8, 4) is 0 Å². The number of nitrogens with zero attached hydrogens (tertiary/aromatic N) is 1. The maximum atomic E-state index is 10.9. The first kappa shape index (κ1) is 11.7. The van der Waals surface area contributed by atoms with E-state index in [2.05, 4.69) is 16.0 Å². The molecule has 3 aromatic rings. The smallest absolute Gasteiger partial charge is 0.303 e. The van der Waals surface area contributed by atoms with E-state index in [-0.39, 0.29) is 12.6 Å². The Morgan fingerprint density at radius 3 is 2.89 bits per heavy atom. The Balaban J connectivity index is 2.17. The van der Waals surface area contributed by atoms with Crippen LogP contribution in [0.4, 0.5) is 0 Å². The van der Waals surface area contributed by atoms with Crippen molar-refractivity contribution < 1.29 is 9.53 Å². The van der Waals surface area contributed by atoms with Gasteiger partial charge in [0.05, 0.1) is 16.9 Å². The molecule has 0 saturated heterocycles. The van der Waals surface area contributed by atoms with Crippen molar-refractivity contribution in [1.29, 1.82) is 0 Å². The van der Waals surface area contributed by atoms with E-state index in [4.69, 9.17) is 4.74 Å². The summed E-state index contributed by atoms with van der Waals surface area (Å²) in [6, 6.07) is 10.1. The average Bonchev–Trinajstić information content (AvgIpc) is 2.76. The highest BCUT2D eigenvalue weighted by Crippen LogP contribution is 2.27. The molecule has 19 heavy (non-hydrogen) atoms. The zero-order valence-electron chi connectivity index (χ0n) is 10.9. The van der Waals surface area contributed by atoms with Gasteiger partial charge in [-0.15, -0.1) is 0 Å². The maximum absolute atomic E-state index is 10.9. The topological polar surface area (TPSA) is 55.0 Å². The first-order valence-corrected chi connectivity index (χ1v) is 6.15. The van der Waals surface area contributed by atoms with E-state index in [0.29, 0.717) is 0 Å². The van der Waals surface area contributed by atoms with Gasteiger partial charge < -0.3 is 9.72 Å². The number of rotatable bonds is 2. The zero-order valence-corrected chi connectivity index (χ0v) is 10.9. The molecule has 0 aliphatic rings. The molecule has 3 rings (SSSR count). The van der Waals surface area contributed by atoms with Crippen molar-refractivity contribution in [3.63, 3.8) is 0 Å². The van der Waals surface area contributed by atoms with Crippen LogP contribution in [0.1, 0.15) is 18.3 Å². The van der Waals surface area contributed by atoms with Crippen LogP contribution in [0.5, 0.6) is 0 Å². The van der Waals surface area contributed by atoms with Gasteiger partial charge in [-0.25, -0.2) is 0 Å². The van der Waals surface area contributed by atoms with Crippen LogP contribution in [0.3, 0.4) is 0 Å². The predicted molar refractivity (Wildman–Crippen MR) is 73.8 cm³/mol. The summed E-state index contributed by atoms with van der Waals surface area (Å²) < 4.78 is 5.01. The number of pyridine rings is 1. The third kappa shape index (κ3) is 2.05. The molecular formula is C15H14N2O2. The lowest BCUT2D eigenvalue weighted by molar-refractivity contribution is -0.142. The second kappa shape index (κ2) is 4.39. The lowest BCUT2D eigenvalue weighted by atomic mass is 10.1. The fraction of sp³-hybridized carbons (Fsp3) is 0.200. The largest absolute Gasteiger partial charge is 0.459 e. The molecule has 0 radical (unpaired) electrons. The molecule has 0 aliphatic heterocycles. The van der Waals surface area contributed by atoms with E-state index in [1.54, 1.807) is 0 Å². The molecule has 4 heteroatoms. The van der Waals surface area contributed by atoms with Gasteiger partial charge in [-0.05, 0) is 19.1 Å². The van der Waals surface area contributed by atoms with Crippen LogP contribution in [0.15, 0.2) is 30.3 Å². The van der Waals surface area contributed by atoms with Crippen molar-refractivity contribution in [2.45, 2.75) is 20.5 Å². The predicted octanol–water partition coefficient (Wildman–Crippen LogP) is 3.09. The van der Waals surface area contributed by atoms with Crippen LogP contribution in [0.2, 0.25) is 0 Å². The highest BCUT2D eigenvalue weighted by atomic mass is 16.5. The summed E-state index contributed by atoms with van der Waals surface area (Å²) in [6.45, 7) is 3.57. The van der Waals surface area contributed by atoms with Crippen molar-refractivity contribution in [3.05, 3.63) is 41.7 Å². The number of hydrogen-bond donors (Lipinski definition) is 1. The summed E-state index contributed by atoms with van der Waals surface area (Å²) in [7, 11) is 0. The monoisotopic (exact) mass is 254 g/mol. The van der Waals surface area contributed by atoms with Gasteiger partial charge >= 0.3 is 5.97 Å². The normalized spacial score (nSPS) is 11.1. The Bertz CT molecular complexity index is 774.